The summed E-state index contributed by atoms with van der Waals surface area (Å²) >= 11 is 31.4. The number of carbonyl (C=O) groups is 2. The largest absolute Gasteiger partial charge is 0.488 e. The van der Waals surface area contributed by atoms with Crippen LogP contribution in [-0.2, 0) is 26.4 Å². The molecule has 0 atom stereocenters. The molecule has 4 heterocycles. The summed E-state index contributed by atoms with van der Waals surface area (Å²) < 4.78 is 25.0. The summed E-state index contributed by atoms with van der Waals surface area (Å²) in [5.74, 6) is 4.02. The van der Waals surface area contributed by atoms with E-state index in [1.165, 1.54) is 12.4 Å². The lowest BCUT2D eigenvalue weighted by Crippen LogP contribution is -2.38. The molecule has 6 aromatic rings. The van der Waals surface area contributed by atoms with Crippen LogP contribution in [0.15, 0.2) is 97.6 Å². The Morgan fingerprint density at radius 1 is 0.618 bits per heavy atom. The summed E-state index contributed by atoms with van der Waals surface area (Å²) in [4.78, 5) is 42.8. The molecule has 0 spiro atoms. The van der Waals surface area contributed by atoms with Crippen molar-refractivity contribution in [2.24, 2.45) is 0 Å². The van der Waals surface area contributed by atoms with Gasteiger partial charge < -0.3 is 28.7 Å². The second-order valence-corrected chi connectivity index (χ2v) is 19.5. The topological polar surface area (TPSA) is 131 Å². The van der Waals surface area contributed by atoms with E-state index >= 15 is 0 Å². The summed E-state index contributed by atoms with van der Waals surface area (Å²) in [5.41, 5.74) is 5.24. The Labute approximate surface area is 422 Å². The standard InChI is InChI=1S/C50H40Cl4N6O6S2/c1-56-36-17-33(25-58-26-36)28-64-44-21-46(42(52)19-40(44)50(62)60-10-14-68-15-11-60)66-30-35-5-3-7-38(48(35)54)37-6-2-4-34(47(37)53)29-65-45-20-43(63-27-32-16-31(22-55)23-57-24-32)39(18-41(45)51)49(61)59-8-12-67-13-9-59/h2-7,16-21,23-26H,8-15,27-30H2. The highest BCUT2D eigenvalue weighted by Crippen LogP contribution is 2.41. The number of nitriles is 1. The first-order chi connectivity index (χ1) is 33.1. The summed E-state index contributed by atoms with van der Waals surface area (Å²) in [6, 6.07) is 22.8. The zero-order chi connectivity index (χ0) is 47.6. The van der Waals surface area contributed by atoms with Crippen molar-refractivity contribution < 1.29 is 28.5 Å². The van der Waals surface area contributed by atoms with Gasteiger partial charge in [0, 0.05) is 114 Å². The SMILES string of the molecule is [C-]#[N+]c1cncc(COc2cc(OCc3cccc(-c4cccc(COc5cc(OCc6cncc(C#N)c6)c(C(=O)N6CCSCC6)cc5Cl)c4Cl)c3Cl)c(Cl)cc2C(=O)N2CCSCC2)c1. The van der Waals surface area contributed by atoms with Gasteiger partial charge in [0.25, 0.3) is 11.8 Å². The fourth-order valence-electron chi connectivity index (χ4n) is 7.41. The first-order valence-corrected chi connectivity index (χ1v) is 25.0. The molecule has 2 saturated heterocycles. The lowest BCUT2D eigenvalue weighted by atomic mass is 10.0. The van der Waals surface area contributed by atoms with Crippen LogP contribution in [0.1, 0.15) is 48.5 Å². The van der Waals surface area contributed by atoms with E-state index < -0.39 is 0 Å². The highest BCUT2D eigenvalue weighted by Gasteiger charge is 2.26. The zero-order valence-corrected chi connectivity index (χ0v) is 40.8. The van der Waals surface area contributed by atoms with Gasteiger partial charge in [0.2, 0.25) is 5.69 Å². The molecule has 0 bridgehead atoms. The number of ether oxygens (including phenoxy) is 4. The van der Waals surface area contributed by atoms with E-state index in [4.69, 9.17) is 71.9 Å². The van der Waals surface area contributed by atoms with Crippen molar-refractivity contribution in [3.05, 3.63) is 168 Å². The van der Waals surface area contributed by atoms with Crippen LogP contribution in [0.4, 0.5) is 5.69 Å². The van der Waals surface area contributed by atoms with E-state index in [0.717, 1.165) is 23.0 Å². The number of hydrogen-bond acceptors (Lipinski definition) is 11. The summed E-state index contributed by atoms with van der Waals surface area (Å²) in [6.07, 6.45) is 6.14. The second kappa shape index (κ2) is 23.0. The maximum absolute atomic E-state index is 13.8. The molecule has 4 aromatic carbocycles. The Morgan fingerprint density at radius 2 is 1.07 bits per heavy atom. The maximum atomic E-state index is 13.8. The number of aromatic nitrogens is 2. The van der Waals surface area contributed by atoms with Gasteiger partial charge in [0.15, 0.2) is 0 Å². The third kappa shape index (κ3) is 11.7. The minimum atomic E-state index is -0.203. The van der Waals surface area contributed by atoms with Crippen LogP contribution < -0.4 is 18.9 Å². The molecule has 2 fully saturated rings. The Bertz CT molecular complexity index is 2740. The average molecular weight is 1030 g/mol. The molecule has 2 aromatic heterocycles. The lowest BCUT2D eigenvalue weighted by molar-refractivity contribution is 0.0759. The van der Waals surface area contributed by atoms with Crippen LogP contribution in [-0.4, -0.2) is 80.8 Å². The molecular weight excluding hydrogens is 987 g/mol. The molecule has 68 heavy (non-hydrogen) atoms. The molecule has 0 radical (unpaired) electrons. The predicted octanol–water partition coefficient (Wildman–Crippen LogP) is 11.9. The fraction of sp³-hybridized carbons (Fsp3) is 0.240. The van der Waals surface area contributed by atoms with Gasteiger partial charge in [-0.15, -0.1) is 0 Å². The van der Waals surface area contributed by atoms with E-state index in [0.29, 0.717) is 92.0 Å². The van der Waals surface area contributed by atoms with Gasteiger partial charge in [-0.05, 0) is 29.8 Å². The number of amides is 2. The monoisotopic (exact) mass is 1020 g/mol. The minimum absolute atomic E-state index is 0.0106. The summed E-state index contributed by atoms with van der Waals surface area (Å²) in [7, 11) is 0. The molecule has 0 saturated carbocycles. The lowest BCUT2D eigenvalue weighted by Gasteiger charge is -2.27. The number of thioether (sulfide) groups is 2. The smallest absolute Gasteiger partial charge is 0.257 e. The Morgan fingerprint density at radius 3 is 1.54 bits per heavy atom. The van der Waals surface area contributed by atoms with Crippen LogP contribution in [0, 0.1) is 17.9 Å². The van der Waals surface area contributed by atoms with Crippen molar-refractivity contribution in [1.82, 2.24) is 19.8 Å². The number of hydrogen-bond donors (Lipinski definition) is 0. The Hall–Kier alpha value is -5.84. The van der Waals surface area contributed by atoms with Gasteiger partial charge in [-0.3, -0.25) is 19.6 Å². The molecule has 2 aliphatic rings. The molecule has 2 amide bonds. The average Bonchev–Trinajstić information content (AvgIpc) is 3.38. The number of nitrogens with zero attached hydrogens (tertiary/aromatic N) is 6. The summed E-state index contributed by atoms with van der Waals surface area (Å²) in [5, 5.41) is 10.6. The van der Waals surface area contributed by atoms with E-state index in [1.54, 1.807) is 82.1 Å². The summed E-state index contributed by atoms with van der Waals surface area (Å²) in [6.45, 7) is 9.89. The molecule has 8 rings (SSSR count). The third-order valence-corrected chi connectivity index (χ3v) is 14.3. The van der Waals surface area contributed by atoms with E-state index in [2.05, 4.69) is 20.9 Å². The van der Waals surface area contributed by atoms with Crippen LogP contribution in [0.5, 0.6) is 23.0 Å². The maximum Gasteiger partial charge on any atom is 0.257 e. The van der Waals surface area contributed by atoms with Crippen LogP contribution >= 0.6 is 69.9 Å². The van der Waals surface area contributed by atoms with E-state index in [9.17, 15) is 14.9 Å². The number of carbonyl (C=O) groups excluding carboxylic acids is 2. The molecule has 0 N–H and O–H groups in total. The van der Waals surface area contributed by atoms with E-state index in [-0.39, 0.29) is 71.3 Å². The number of halogens is 4. The van der Waals surface area contributed by atoms with Crippen LogP contribution in [0.2, 0.25) is 20.1 Å². The molecule has 2 aliphatic heterocycles. The quantitative estimate of drug-likeness (QED) is 0.0911. The normalized spacial score (nSPS) is 13.6. The van der Waals surface area contributed by atoms with Crippen molar-refractivity contribution in [3.63, 3.8) is 0 Å². The zero-order valence-electron chi connectivity index (χ0n) is 36.2. The van der Waals surface area contributed by atoms with Crippen molar-refractivity contribution in [2.75, 3.05) is 49.2 Å². The Balaban J connectivity index is 1.01. The van der Waals surface area contributed by atoms with Gasteiger partial charge in [-0.25, -0.2) is 4.85 Å². The number of rotatable bonds is 15. The number of benzene rings is 4. The predicted molar refractivity (Wildman–Crippen MR) is 268 cm³/mol. The molecule has 18 heteroatoms. The minimum Gasteiger partial charge on any atom is -0.488 e. The van der Waals surface area contributed by atoms with Gasteiger partial charge in [-0.2, -0.15) is 28.8 Å². The van der Waals surface area contributed by atoms with Crippen LogP contribution in [0.3, 0.4) is 0 Å². The van der Waals surface area contributed by atoms with Gasteiger partial charge in [0.1, 0.15) is 55.5 Å². The number of pyridine rings is 2. The van der Waals surface area contributed by atoms with Crippen molar-refractivity contribution >= 4 is 87.4 Å². The van der Waals surface area contributed by atoms with Gasteiger partial charge in [-0.1, -0.05) is 82.8 Å². The third-order valence-electron chi connectivity index (χ3n) is 11.0. The van der Waals surface area contributed by atoms with Crippen molar-refractivity contribution in [3.8, 4) is 40.2 Å². The molecular formula is C50H40Cl4N6O6S2. The van der Waals surface area contributed by atoms with Crippen LogP contribution in [0.25, 0.3) is 16.0 Å². The first kappa shape index (κ1) is 48.6. The van der Waals surface area contributed by atoms with Crippen molar-refractivity contribution in [1.29, 1.82) is 5.26 Å². The van der Waals surface area contributed by atoms with Gasteiger partial charge >= 0.3 is 0 Å². The molecule has 346 valence electrons. The Kier molecular flexibility index (Phi) is 16.4. The molecule has 0 unspecified atom stereocenters. The van der Waals surface area contributed by atoms with Crippen molar-refractivity contribution in [2.45, 2.75) is 26.4 Å². The highest BCUT2D eigenvalue weighted by molar-refractivity contribution is 7.99. The second-order valence-electron chi connectivity index (χ2n) is 15.4. The molecule has 0 aliphatic carbocycles. The highest BCUT2D eigenvalue weighted by atomic mass is 35.5. The first-order valence-electron chi connectivity index (χ1n) is 21.2. The van der Waals surface area contributed by atoms with Gasteiger partial charge in [0.05, 0.1) is 43.4 Å². The molecule has 12 nitrogen and oxygen atoms in total. The van der Waals surface area contributed by atoms with E-state index in [1.807, 2.05) is 36.4 Å². The fourth-order valence-corrected chi connectivity index (χ4v) is 10.2.